The van der Waals surface area contributed by atoms with E-state index in [0.717, 1.165) is 6.29 Å². The fourth-order valence-electron chi connectivity index (χ4n) is 0. The molecular formula is C2H4OTi. The summed E-state index contributed by atoms with van der Waals surface area (Å²) in [6.45, 7) is 1.44. The van der Waals surface area contributed by atoms with Crippen molar-refractivity contribution < 1.29 is 26.5 Å². The molecule has 0 aromatic heterocycles. The third kappa shape index (κ3) is 30.9. The van der Waals surface area contributed by atoms with Crippen LogP contribution in [0, 0.1) is 0 Å². The van der Waals surface area contributed by atoms with E-state index in [4.69, 9.17) is 4.79 Å². The first-order chi connectivity index (χ1) is 1.41. The summed E-state index contributed by atoms with van der Waals surface area (Å²) in [6, 6.07) is 0. The Labute approximate surface area is 40.3 Å². The Morgan fingerprint density at radius 2 is 1.75 bits per heavy atom. The smallest absolute Gasteiger partial charge is 0.116 e. The molecule has 0 aliphatic heterocycles. The summed E-state index contributed by atoms with van der Waals surface area (Å²) < 4.78 is 0. The van der Waals surface area contributed by atoms with Crippen LogP contribution in [0.2, 0.25) is 0 Å². The van der Waals surface area contributed by atoms with Gasteiger partial charge in [-0.2, -0.15) is 0 Å². The second kappa shape index (κ2) is 10.0. The Balaban J connectivity index is 0. The van der Waals surface area contributed by atoms with Crippen LogP contribution in [0.3, 0.4) is 0 Å². The molecule has 0 heterocycles. The molecule has 0 aromatic rings. The quantitative estimate of drug-likeness (QED) is 0.308. The van der Waals surface area contributed by atoms with Crippen molar-refractivity contribution in [1.29, 1.82) is 0 Å². The summed E-state index contributed by atoms with van der Waals surface area (Å²) in [7, 11) is 0. The first kappa shape index (κ1) is 8.83. The van der Waals surface area contributed by atoms with Gasteiger partial charge in [-0.1, -0.05) is 0 Å². The van der Waals surface area contributed by atoms with Crippen LogP contribution < -0.4 is 0 Å². The van der Waals surface area contributed by atoms with E-state index in [2.05, 4.69) is 0 Å². The molecule has 4 heavy (non-hydrogen) atoms. The van der Waals surface area contributed by atoms with E-state index < -0.39 is 0 Å². The number of carbonyl (C=O) groups is 1. The molecule has 0 fully saturated rings. The predicted molar refractivity (Wildman–Crippen MR) is 11.7 cm³/mol. The summed E-state index contributed by atoms with van der Waals surface area (Å²) in [4.78, 5) is 8.81. The molecule has 0 aliphatic carbocycles. The maximum absolute atomic E-state index is 8.81. The molecule has 2 heteroatoms. The average molecular weight is 91.9 g/mol. The van der Waals surface area contributed by atoms with Crippen molar-refractivity contribution in [2.45, 2.75) is 6.92 Å². The fourth-order valence-corrected chi connectivity index (χ4v) is 0. The molecular weight excluding hydrogens is 87.9 g/mol. The molecule has 22 valence electrons. The summed E-state index contributed by atoms with van der Waals surface area (Å²) in [5.74, 6) is 0. The summed E-state index contributed by atoms with van der Waals surface area (Å²) in [5.41, 5.74) is 0. The Hall–Kier alpha value is 0.384. The molecule has 0 bridgehead atoms. The van der Waals surface area contributed by atoms with E-state index in [-0.39, 0.29) is 21.7 Å². The van der Waals surface area contributed by atoms with Crippen molar-refractivity contribution in [3.8, 4) is 0 Å². The third-order valence-corrected chi connectivity index (χ3v) is 0. The first-order valence-corrected chi connectivity index (χ1v) is 0.813. The van der Waals surface area contributed by atoms with Crippen LogP contribution >= 0.6 is 0 Å². The van der Waals surface area contributed by atoms with Gasteiger partial charge in [-0.3, -0.25) is 0 Å². The van der Waals surface area contributed by atoms with E-state index >= 15 is 0 Å². The van der Waals surface area contributed by atoms with Gasteiger partial charge in [-0.05, 0) is 6.92 Å². The minimum atomic E-state index is 0. The first-order valence-electron chi connectivity index (χ1n) is 0.813. The van der Waals surface area contributed by atoms with E-state index in [0.29, 0.717) is 0 Å². The van der Waals surface area contributed by atoms with Crippen LogP contribution in [0.4, 0.5) is 0 Å². The van der Waals surface area contributed by atoms with E-state index in [9.17, 15) is 0 Å². The van der Waals surface area contributed by atoms with Gasteiger partial charge in [-0.25, -0.2) is 0 Å². The molecule has 0 N–H and O–H groups in total. The molecule has 0 spiro atoms. The van der Waals surface area contributed by atoms with Gasteiger partial charge in [-0.15, -0.1) is 0 Å². The molecule has 0 aromatic carbocycles. The topological polar surface area (TPSA) is 17.1 Å². The SMILES string of the molecule is CC=O.[Ti]. The number of hydrogen-bond donors (Lipinski definition) is 0. The van der Waals surface area contributed by atoms with Crippen molar-refractivity contribution in [1.82, 2.24) is 0 Å². The Morgan fingerprint density at radius 3 is 1.75 bits per heavy atom. The van der Waals surface area contributed by atoms with Crippen LogP contribution in [-0.2, 0) is 26.5 Å². The molecule has 0 aliphatic rings. The minimum absolute atomic E-state index is 0. The normalized spacial score (nSPS) is 3.25. The van der Waals surface area contributed by atoms with Crippen molar-refractivity contribution >= 4 is 6.29 Å². The molecule has 0 rings (SSSR count). The Morgan fingerprint density at radius 1 is 1.75 bits per heavy atom. The van der Waals surface area contributed by atoms with Gasteiger partial charge >= 0.3 is 0 Å². The number of aldehydes is 1. The van der Waals surface area contributed by atoms with Crippen LogP contribution in [-0.4, -0.2) is 6.29 Å². The zero-order valence-corrected chi connectivity index (χ0v) is 4.05. The van der Waals surface area contributed by atoms with Crippen molar-refractivity contribution in [2.24, 2.45) is 0 Å². The van der Waals surface area contributed by atoms with Gasteiger partial charge in [0.25, 0.3) is 0 Å². The zero-order valence-electron chi connectivity index (χ0n) is 2.49. The van der Waals surface area contributed by atoms with Gasteiger partial charge in [0, 0.05) is 21.7 Å². The van der Waals surface area contributed by atoms with Crippen LogP contribution in [0.1, 0.15) is 6.92 Å². The molecule has 0 amide bonds. The number of hydrogen-bond acceptors (Lipinski definition) is 1. The largest absolute Gasteiger partial charge is 0.304 e. The average Bonchev–Trinajstić information content (AvgIpc) is 0.918. The van der Waals surface area contributed by atoms with Crippen molar-refractivity contribution in [3.05, 3.63) is 0 Å². The maximum Gasteiger partial charge on any atom is 0.116 e. The predicted octanol–water partition coefficient (Wildman–Crippen LogP) is 0.203. The number of rotatable bonds is 0. The van der Waals surface area contributed by atoms with Crippen LogP contribution in [0.5, 0.6) is 0 Å². The summed E-state index contributed by atoms with van der Waals surface area (Å²) in [5, 5.41) is 0. The molecule has 0 saturated heterocycles. The van der Waals surface area contributed by atoms with Crippen LogP contribution in [0.25, 0.3) is 0 Å². The second-order valence-electron chi connectivity index (χ2n) is 0.236. The number of carbonyl (C=O) groups excluding carboxylic acids is 1. The van der Waals surface area contributed by atoms with E-state index in [1.54, 1.807) is 0 Å². The fraction of sp³-hybridized carbons (Fsp3) is 0.500. The summed E-state index contributed by atoms with van der Waals surface area (Å²) >= 11 is 0. The van der Waals surface area contributed by atoms with Crippen molar-refractivity contribution in [3.63, 3.8) is 0 Å². The van der Waals surface area contributed by atoms with Crippen LogP contribution in [0.15, 0.2) is 0 Å². The molecule has 0 saturated carbocycles. The molecule has 0 unspecified atom stereocenters. The third-order valence-electron chi connectivity index (χ3n) is 0. The minimum Gasteiger partial charge on any atom is -0.304 e. The molecule has 0 atom stereocenters. The van der Waals surface area contributed by atoms with E-state index in [1.165, 1.54) is 6.92 Å². The Bertz CT molecular complexity index is 13.5. The standard InChI is InChI=1S/C2H4O.Ti/c1-2-3;/h2H,1H3;. The van der Waals surface area contributed by atoms with Gasteiger partial charge < -0.3 is 4.79 Å². The molecule has 1 nitrogen and oxygen atoms in total. The van der Waals surface area contributed by atoms with Gasteiger partial charge in [0.2, 0.25) is 0 Å². The van der Waals surface area contributed by atoms with E-state index in [1.807, 2.05) is 0 Å². The maximum atomic E-state index is 8.81. The Kier molecular flexibility index (Phi) is 22.2. The summed E-state index contributed by atoms with van der Waals surface area (Å²) in [6.07, 6.45) is 0.750. The van der Waals surface area contributed by atoms with Gasteiger partial charge in [0.1, 0.15) is 6.29 Å². The van der Waals surface area contributed by atoms with Crippen molar-refractivity contribution in [2.75, 3.05) is 0 Å². The monoisotopic (exact) mass is 92.0 g/mol. The zero-order chi connectivity index (χ0) is 2.71. The van der Waals surface area contributed by atoms with Gasteiger partial charge in [0.15, 0.2) is 0 Å². The molecule has 0 radical (unpaired) electrons. The second-order valence-corrected chi connectivity index (χ2v) is 0.236. The van der Waals surface area contributed by atoms with Gasteiger partial charge in [0.05, 0.1) is 0 Å².